The van der Waals surface area contributed by atoms with Crippen LogP contribution in [-0.4, -0.2) is 16.1 Å². The maximum absolute atomic E-state index is 13.1. The lowest BCUT2D eigenvalue weighted by molar-refractivity contribution is -0.141. The molecule has 112 valence electrons. The van der Waals surface area contributed by atoms with Crippen molar-refractivity contribution < 1.29 is 31.1 Å². The summed E-state index contributed by atoms with van der Waals surface area (Å²) in [4.78, 5) is 10.7. The van der Waals surface area contributed by atoms with Gasteiger partial charge in [-0.15, -0.1) is 0 Å². The number of nitrogens with zero attached hydrogens (tertiary/aromatic N) is 2. The van der Waals surface area contributed by atoms with E-state index < -0.39 is 45.7 Å². The summed E-state index contributed by atoms with van der Waals surface area (Å²) in [7, 11) is 0. The number of aldehydes is 1. The molecule has 0 spiro atoms. The lowest BCUT2D eigenvalue weighted by Gasteiger charge is -2.05. The third kappa shape index (κ3) is 2.60. The Morgan fingerprint density at radius 1 is 1.14 bits per heavy atom. The number of carbonyl (C=O) groups is 1. The van der Waals surface area contributed by atoms with Crippen LogP contribution >= 0.6 is 11.6 Å². The molecule has 0 saturated carbocycles. The monoisotopic (exact) mass is 328 g/mol. The first kappa shape index (κ1) is 15.4. The van der Waals surface area contributed by atoms with E-state index in [1.807, 2.05) is 0 Å². The molecule has 0 aliphatic rings. The first-order valence-corrected chi connectivity index (χ1v) is 5.50. The highest BCUT2D eigenvalue weighted by molar-refractivity contribution is 6.32. The summed E-state index contributed by atoms with van der Waals surface area (Å²) in [5.74, 6) is -5.08. The smallest absolute Gasteiger partial charge is 0.298 e. The second-order valence-electron chi connectivity index (χ2n) is 3.80. The van der Waals surface area contributed by atoms with Gasteiger partial charge in [0.05, 0.1) is 11.3 Å². The van der Waals surface area contributed by atoms with Crippen molar-refractivity contribution in [3.05, 3.63) is 46.0 Å². The predicted octanol–water partition coefficient (Wildman–Crippen LogP) is 3.77. The van der Waals surface area contributed by atoms with Crippen molar-refractivity contribution >= 4 is 17.9 Å². The van der Waals surface area contributed by atoms with Gasteiger partial charge in [0, 0.05) is 12.1 Å². The molecular formula is C11H3ClF6N2O. The summed E-state index contributed by atoms with van der Waals surface area (Å²) in [6.07, 6.45) is -5.19. The van der Waals surface area contributed by atoms with E-state index in [1.54, 1.807) is 0 Å². The fourth-order valence-electron chi connectivity index (χ4n) is 1.56. The van der Waals surface area contributed by atoms with Gasteiger partial charge >= 0.3 is 6.18 Å². The van der Waals surface area contributed by atoms with Crippen LogP contribution < -0.4 is 0 Å². The maximum Gasteiger partial charge on any atom is 0.435 e. The fraction of sp³-hybridized carbons (Fsp3) is 0.0909. The molecule has 1 heterocycles. The Labute approximate surface area is 117 Å². The molecule has 0 radical (unpaired) electrons. The molecule has 2 rings (SSSR count). The van der Waals surface area contributed by atoms with Crippen molar-refractivity contribution in [1.82, 2.24) is 9.78 Å². The first-order valence-electron chi connectivity index (χ1n) is 5.12. The molecule has 1 aromatic heterocycles. The van der Waals surface area contributed by atoms with E-state index in [2.05, 4.69) is 5.10 Å². The molecule has 0 saturated heterocycles. The van der Waals surface area contributed by atoms with Crippen LogP contribution in [0, 0.1) is 17.5 Å². The van der Waals surface area contributed by atoms with Crippen molar-refractivity contribution in [3.8, 4) is 5.69 Å². The van der Waals surface area contributed by atoms with Gasteiger partial charge in [0.2, 0.25) is 0 Å². The summed E-state index contributed by atoms with van der Waals surface area (Å²) in [5.41, 5.74) is -3.21. The zero-order valence-corrected chi connectivity index (χ0v) is 10.4. The maximum atomic E-state index is 13.1. The molecule has 10 heteroatoms. The number of halogens is 7. The number of aromatic nitrogens is 2. The van der Waals surface area contributed by atoms with E-state index in [0.717, 1.165) is 0 Å². The third-order valence-electron chi connectivity index (χ3n) is 2.46. The molecule has 0 bridgehead atoms. The minimum atomic E-state index is -5.00. The Balaban J connectivity index is 2.71. The first-order chi connectivity index (χ1) is 9.66. The molecule has 1 aromatic carbocycles. The largest absolute Gasteiger partial charge is 0.435 e. The van der Waals surface area contributed by atoms with E-state index in [-0.39, 0.29) is 6.29 Å². The van der Waals surface area contributed by atoms with Gasteiger partial charge in [0.15, 0.2) is 29.4 Å². The van der Waals surface area contributed by atoms with Crippen LogP contribution in [0.3, 0.4) is 0 Å². The topological polar surface area (TPSA) is 34.9 Å². The molecule has 0 amide bonds. The van der Waals surface area contributed by atoms with E-state index in [1.165, 1.54) is 0 Å². The average Bonchev–Trinajstić information content (AvgIpc) is 2.72. The SMILES string of the molecule is O=Cc1c(C(F)(F)F)nn(-c2cc(F)c(F)c(F)c2)c1Cl. The molecule has 0 unspecified atom stereocenters. The van der Waals surface area contributed by atoms with Gasteiger partial charge in [-0.25, -0.2) is 17.9 Å². The quantitative estimate of drug-likeness (QED) is 0.478. The molecule has 0 fully saturated rings. The zero-order valence-electron chi connectivity index (χ0n) is 9.68. The lowest BCUT2D eigenvalue weighted by Crippen LogP contribution is -2.09. The van der Waals surface area contributed by atoms with Gasteiger partial charge in [0.25, 0.3) is 0 Å². The van der Waals surface area contributed by atoms with Crippen LogP contribution in [0.15, 0.2) is 12.1 Å². The fourth-order valence-corrected chi connectivity index (χ4v) is 1.83. The van der Waals surface area contributed by atoms with E-state index >= 15 is 0 Å². The van der Waals surface area contributed by atoms with Gasteiger partial charge in [-0.05, 0) is 0 Å². The molecular weight excluding hydrogens is 326 g/mol. The Morgan fingerprint density at radius 3 is 2.05 bits per heavy atom. The normalized spacial score (nSPS) is 11.8. The summed E-state index contributed by atoms with van der Waals surface area (Å²) >= 11 is 5.55. The minimum Gasteiger partial charge on any atom is -0.298 e. The van der Waals surface area contributed by atoms with Crippen LogP contribution in [0.5, 0.6) is 0 Å². The molecule has 3 nitrogen and oxygen atoms in total. The number of carbonyl (C=O) groups excluding carboxylic acids is 1. The number of rotatable bonds is 2. The Bertz CT molecular complexity index is 701. The van der Waals surface area contributed by atoms with Crippen LogP contribution in [0.1, 0.15) is 16.1 Å². The van der Waals surface area contributed by atoms with E-state index in [9.17, 15) is 31.1 Å². The van der Waals surface area contributed by atoms with Crippen LogP contribution in [-0.2, 0) is 6.18 Å². The Morgan fingerprint density at radius 2 is 1.67 bits per heavy atom. The second kappa shape index (κ2) is 5.06. The van der Waals surface area contributed by atoms with Gasteiger partial charge in [-0.2, -0.15) is 18.3 Å². The standard InChI is InChI=1S/C11H3ClF6N2O/c12-10-5(3-21)9(11(16,17)18)19-20(10)4-1-6(13)8(15)7(14)2-4/h1-3H. The molecule has 0 aliphatic heterocycles. The highest BCUT2D eigenvalue weighted by Crippen LogP contribution is 2.34. The zero-order chi connectivity index (χ0) is 15.9. The predicted molar refractivity (Wildman–Crippen MR) is 58.8 cm³/mol. The summed E-state index contributed by atoms with van der Waals surface area (Å²) in [6.45, 7) is 0. The van der Waals surface area contributed by atoms with Crippen LogP contribution in [0.25, 0.3) is 5.69 Å². The number of benzene rings is 1. The van der Waals surface area contributed by atoms with Gasteiger partial charge in [0.1, 0.15) is 5.15 Å². The second-order valence-corrected chi connectivity index (χ2v) is 4.16. The van der Waals surface area contributed by atoms with Crippen molar-refractivity contribution in [2.75, 3.05) is 0 Å². The van der Waals surface area contributed by atoms with Crippen molar-refractivity contribution in [2.45, 2.75) is 6.18 Å². The highest BCUT2D eigenvalue weighted by atomic mass is 35.5. The van der Waals surface area contributed by atoms with Crippen molar-refractivity contribution in [3.63, 3.8) is 0 Å². The highest BCUT2D eigenvalue weighted by Gasteiger charge is 2.39. The van der Waals surface area contributed by atoms with Gasteiger partial charge < -0.3 is 0 Å². The van der Waals surface area contributed by atoms with Crippen LogP contribution in [0.2, 0.25) is 5.15 Å². The third-order valence-corrected chi connectivity index (χ3v) is 2.83. The number of hydrogen-bond donors (Lipinski definition) is 0. The molecule has 0 atom stereocenters. The number of alkyl halides is 3. The van der Waals surface area contributed by atoms with Crippen molar-refractivity contribution in [2.24, 2.45) is 0 Å². The molecule has 0 N–H and O–H groups in total. The molecule has 2 aromatic rings. The summed E-state index contributed by atoms with van der Waals surface area (Å²) in [5, 5.41) is 2.20. The molecule has 21 heavy (non-hydrogen) atoms. The van der Waals surface area contributed by atoms with Gasteiger partial charge in [-0.1, -0.05) is 11.6 Å². The molecule has 0 aliphatic carbocycles. The summed E-state index contributed by atoms with van der Waals surface area (Å²) in [6, 6.07) is 0.790. The minimum absolute atomic E-state index is 0.190. The Kier molecular flexibility index (Phi) is 3.70. The summed E-state index contributed by atoms with van der Waals surface area (Å²) < 4.78 is 77.3. The van der Waals surface area contributed by atoms with Crippen molar-refractivity contribution in [1.29, 1.82) is 0 Å². The lowest BCUT2D eigenvalue weighted by atomic mass is 10.2. The van der Waals surface area contributed by atoms with Crippen LogP contribution in [0.4, 0.5) is 26.3 Å². The van der Waals surface area contributed by atoms with Gasteiger partial charge in [-0.3, -0.25) is 4.79 Å². The number of hydrogen-bond acceptors (Lipinski definition) is 2. The van der Waals surface area contributed by atoms with E-state index in [0.29, 0.717) is 16.8 Å². The Hall–Kier alpha value is -2.03. The van der Waals surface area contributed by atoms with E-state index in [4.69, 9.17) is 11.6 Å². The average molecular weight is 329 g/mol.